The number of carbonyl (C=O) groups is 2. The Morgan fingerprint density at radius 2 is 1.45 bits per heavy atom. The number of hydrogen-bond acceptors (Lipinski definition) is 5. The zero-order valence-electron chi connectivity index (χ0n) is 17.5. The third-order valence-electron chi connectivity index (χ3n) is 5.86. The molecule has 0 spiro atoms. The molecule has 0 N–H and O–H groups in total. The van der Waals surface area contributed by atoms with Crippen LogP contribution in [0.1, 0.15) is 11.1 Å². The van der Waals surface area contributed by atoms with Gasteiger partial charge in [0.1, 0.15) is 0 Å². The Labute approximate surface area is 182 Å². The van der Waals surface area contributed by atoms with Gasteiger partial charge in [-0.2, -0.15) is 5.26 Å². The number of ether oxygens (including phenoxy) is 1. The zero-order valence-corrected chi connectivity index (χ0v) is 17.5. The summed E-state index contributed by atoms with van der Waals surface area (Å²) >= 11 is 0. The van der Waals surface area contributed by atoms with Crippen LogP contribution < -0.4 is 0 Å². The van der Waals surface area contributed by atoms with Crippen molar-refractivity contribution in [3.8, 4) is 17.2 Å². The third kappa shape index (κ3) is 4.93. The van der Waals surface area contributed by atoms with Gasteiger partial charge in [0.15, 0.2) is 0 Å². The number of amides is 2. The van der Waals surface area contributed by atoms with Crippen LogP contribution in [0.5, 0.6) is 0 Å². The first kappa shape index (κ1) is 21.0. The Morgan fingerprint density at radius 1 is 0.839 bits per heavy atom. The summed E-state index contributed by atoms with van der Waals surface area (Å²) in [6.45, 7) is 5.34. The molecule has 0 radical (unpaired) electrons. The van der Waals surface area contributed by atoms with E-state index in [1.807, 2.05) is 36.4 Å². The molecule has 7 heteroatoms. The van der Waals surface area contributed by atoms with Crippen molar-refractivity contribution in [3.63, 3.8) is 0 Å². The lowest BCUT2D eigenvalue weighted by atomic mass is 9.99. The molecule has 2 aromatic rings. The monoisotopic (exact) mass is 418 g/mol. The number of morpholine rings is 1. The largest absolute Gasteiger partial charge is 0.378 e. The summed E-state index contributed by atoms with van der Waals surface area (Å²) in [5.74, 6) is -0.813. The van der Waals surface area contributed by atoms with Gasteiger partial charge < -0.3 is 14.5 Å². The Morgan fingerprint density at radius 3 is 2.10 bits per heavy atom. The molecule has 160 valence electrons. The molecule has 7 nitrogen and oxygen atoms in total. The van der Waals surface area contributed by atoms with Crippen LogP contribution in [0.4, 0.5) is 0 Å². The fourth-order valence-electron chi connectivity index (χ4n) is 4.03. The number of nitrogens with zero attached hydrogens (tertiary/aromatic N) is 4. The van der Waals surface area contributed by atoms with Crippen LogP contribution in [0.2, 0.25) is 0 Å². The molecule has 2 heterocycles. The molecule has 0 saturated carbocycles. The Balaban J connectivity index is 1.30. The van der Waals surface area contributed by atoms with E-state index in [1.54, 1.807) is 9.80 Å². The van der Waals surface area contributed by atoms with Gasteiger partial charge in [-0.3, -0.25) is 14.5 Å². The third-order valence-corrected chi connectivity index (χ3v) is 5.86. The second-order valence-corrected chi connectivity index (χ2v) is 7.83. The van der Waals surface area contributed by atoms with Crippen LogP contribution in [-0.4, -0.2) is 79.0 Å². The normalized spacial score (nSPS) is 17.3. The number of piperazine rings is 1. The molecule has 2 aromatic carbocycles. The molecule has 0 atom stereocenters. The minimum Gasteiger partial charge on any atom is -0.378 e. The lowest BCUT2D eigenvalue weighted by Gasteiger charge is -2.35. The molecule has 31 heavy (non-hydrogen) atoms. The zero-order chi connectivity index (χ0) is 21.6. The predicted octanol–water partition coefficient (Wildman–Crippen LogP) is 1.73. The summed E-state index contributed by atoms with van der Waals surface area (Å²) < 4.78 is 5.25. The van der Waals surface area contributed by atoms with Crippen molar-refractivity contribution < 1.29 is 14.3 Å². The molecule has 2 aliphatic rings. The van der Waals surface area contributed by atoms with Crippen LogP contribution in [0.25, 0.3) is 11.1 Å². The van der Waals surface area contributed by atoms with Gasteiger partial charge in [0.2, 0.25) is 0 Å². The van der Waals surface area contributed by atoms with Crippen molar-refractivity contribution in [2.45, 2.75) is 6.54 Å². The van der Waals surface area contributed by atoms with Crippen LogP contribution in [0, 0.1) is 11.3 Å². The number of carbonyl (C=O) groups excluding carboxylic acids is 2. The van der Waals surface area contributed by atoms with Crippen molar-refractivity contribution in [3.05, 3.63) is 59.7 Å². The van der Waals surface area contributed by atoms with E-state index in [9.17, 15) is 14.9 Å². The summed E-state index contributed by atoms with van der Waals surface area (Å²) in [6, 6.07) is 18.1. The first-order chi connectivity index (χ1) is 15.2. The molecule has 0 aromatic heterocycles. The average Bonchev–Trinajstić information content (AvgIpc) is 2.84. The SMILES string of the molecule is N#Cc1ccccc1-c1ccc(CN2CCN(C(=O)C(=O)N3CCOCC3)CC2)cc1. The maximum atomic E-state index is 12.5. The minimum atomic E-state index is -0.412. The van der Waals surface area contributed by atoms with E-state index in [0.717, 1.165) is 30.8 Å². The molecular formula is C24H26N4O3. The van der Waals surface area contributed by atoms with Gasteiger partial charge in [0.05, 0.1) is 24.8 Å². The fraction of sp³-hybridized carbons (Fsp3) is 0.375. The molecule has 2 aliphatic heterocycles. The average molecular weight is 418 g/mol. The summed E-state index contributed by atoms with van der Waals surface area (Å²) in [5, 5.41) is 9.31. The molecule has 2 saturated heterocycles. The van der Waals surface area contributed by atoms with Gasteiger partial charge in [-0.05, 0) is 22.8 Å². The van der Waals surface area contributed by atoms with Gasteiger partial charge in [0, 0.05) is 45.8 Å². The molecular weight excluding hydrogens is 392 g/mol. The van der Waals surface area contributed by atoms with Crippen LogP contribution in [-0.2, 0) is 20.9 Å². The van der Waals surface area contributed by atoms with Crippen molar-refractivity contribution in [2.75, 3.05) is 52.5 Å². The van der Waals surface area contributed by atoms with Crippen molar-refractivity contribution >= 4 is 11.8 Å². The van der Waals surface area contributed by atoms with Gasteiger partial charge in [-0.15, -0.1) is 0 Å². The van der Waals surface area contributed by atoms with Crippen LogP contribution >= 0.6 is 0 Å². The van der Waals surface area contributed by atoms with Gasteiger partial charge in [-0.1, -0.05) is 42.5 Å². The summed E-state index contributed by atoms with van der Waals surface area (Å²) in [6.07, 6.45) is 0. The molecule has 2 amide bonds. The second-order valence-electron chi connectivity index (χ2n) is 7.83. The predicted molar refractivity (Wildman–Crippen MR) is 116 cm³/mol. The summed E-state index contributed by atoms with van der Waals surface area (Å²) in [7, 11) is 0. The molecule has 0 unspecified atom stereocenters. The van der Waals surface area contributed by atoms with Crippen molar-refractivity contribution in [2.24, 2.45) is 0 Å². The maximum absolute atomic E-state index is 12.5. The van der Waals surface area contributed by atoms with Gasteiger partial charge in [-0.25, -0.2) is 0 Å². The molecule has 4 rings (SSSR count). The smallest absolute Gasteiger partial charge is 0.312 e. The first-order valence-electron chi connectivity index (χ1n) is 10.6. The minimum absolute atomic E-state index is 0.401. The van der Waals surface area contributed by atoms with E-state index in [1.165, 1.54) is 5.56 Å². The molecule has 0 bridgehead atoms. The second kappa shape index (κ2) is 9.73. The van der Waals surface area contributed by atoms with Gasteiger partial charge in [0.25, 0.3) is 0 Å². The summed E-state index contributed by atoms with van der Waals surface area (Å²) in [4.78, 5) is 30.5. The van der Waals surface area contributed by atoms with Crippen molar-refractivity contribution in [1.29, 1.82) is 5.26 Å². The lowest BCUT2D eigenvalue weighted by Crippen LogP contribution is -2.54. The molecule has 0 aliphatic carbocycles. The first-order valence-corrected chi connectivity index (χ1v) is 10.6. The van der Waals surface area contributed by atoms with E-state index in [0.29, 0.717) is 45.0 Å². The number of hydrogen-bond donors (Lipinski definition) is 0. The molecule has 2 fully saturated rings. The Bertz CT molecular complexity index is 969. The topological polar surface area (TPSA) is 76.9 Å². The number of nitriles is 1. The maximum Gasteiger partial charge on any atom is 0.312 e. The van der Waals surface area contributed by atoms with E-state index in [-0.39, 0.29) is 0 Å². The van der Waals surface area contributed by atoms with E-state index >= 15 is 0 Å². The highest BCUT2D eigenvalue weighted by atomic mass is 16.5. The number of rotatable bonds is 3. The number of benzene rings is 2. The van der Waals surface area contributed by atoms with E-state index in [2.05, 4.69) is 23.1 Å². The summed E-state index contributed by atoms with van der Waals surface area (Å²) in [5.41, 5.74) is 3.82. The van der Waals surface area contributed by atoms with Crippen molar-refractivity contribution in [1.82, 2.24) is 14.7 Å². The quantitative estimate of drug-likeness (QED) is 0.710. The highest BCUT2D eigenvalue weighted by molar-refractivity contribution is 6.34. The highest BCUT2D eigenvalue weighted by Gasteiger charge is 2.30. The Hall–Kier alpha value is -3.21. The standard InChI is InChI=1S/C24H26N4O3/c25-17-21-3-1-2-4-22(21)20-7-5-19(6-8-20)18-26-9-11-27(12-10-26)23(29)24(30)28-13-15-31-16-14-28/h1-8H,9-16,18H2. The van der Waals surface area contributed by atoms with Gasteiger partial charge >= 0.3 is 11.8 Å². The lowest BCUT2D eigenvalue weighted by molar-refractivity contribution is -0.155. The van der Waals surface area contributed by atoms with Crippen LogP contribution in [0.3, 0.4) is 0 Å². The fourth-order valence-corrected chi connectivity index (χ4v) is 4.03. The Kier molecular flexibility index (Phi) is 6.60. The van der Waals surface area contributed by atoms with E-state index in [4.69, 9.17) is 4.74 Å². The highest BCUT2D eigenvalue weighted by Crippen LogP contribution is 2.24. The van der Waals surface area contributed by atoms with Crippen LogP contribution in [0.15, 0.2) is 48.5 Å². The van der Waals surface area contributed by atoms with E-state index < -0.39 is 11.8 Å².